The van der Waals surface area contributed by atoms with E-state index in [1.807, 2.05) is 24.0 Å². The topological polar surface area (TPSA) is 72.0 Å². The normalized spacial score (nSPS) is 27.1. The van der Waals surface area contributed by atoms with Gasteiger partial charge in [0.2, 0.25) is 11.8 Å². The Bertz CT molecular complexity index is 884. The number of hydrogen-bond acceptors (Lipinski definition) is 4. The molecule has 0 radical (unpaired) electrons. The molecule has 3 fully saturated rings. The van der Waals surface area contributed by atoms with Gasteiger partial charge in [0, 0.05) is 38.1 Å². The van der Waals surface area contributed by atoms with Crippen molar-refractivity contribution >= 4 is 17.5 Å². The molecule has 0 unspecified atom stereocenters. The van der Waals surface area contributed by atoms with Crippen molar-refractivity contribution in [3.8, 4) is 6.07 Å². The van der Waals surface area contributed by atoms with Crippen LogP contribution < -0.4 is 0 Å². The zero-order chi connectivity index (χ0) is 20.5. The second-order valence-electron chi connectivity index (χ2n) is 8.32. The van der Waals surface area contributed by atoms with Gasteiger partial charge in [-0.05, 0) is 24.8 Å². The molecule has 2 bridgehead atoms. The number of likely N-dealkylation sites (tertiary alicyclic amines) is 3. The minimum absolute atomic E-state index is 0.0287. The van der Waals surface area contributed by atoms with E-state index in [1.54, 1.807) is 17.0 Å². The second-order valence-corrected chi connectivity index (χ2v) is 8.32. The van der Waals surface area contributed by atoms with E-state index in [0.717, 1.165) is 31.4 Å². The van der Waals surface area contributed by atoms with Crippen LogP contribution in [0.3, 0.4) is 0 Å². The Kier molecular flexibility index (Phi) is 5.25. The molecule has 4 atom stereocenters. The van der Waals surface area contributed by atoms with Crippen LogP contribution in [0.2, 0.25) is 0 Å². The number of fused-ring (bicyclic) bond motifs is 2. The maximum atomic E-state index is 12.9. The zero-order valence-electron chi connectivity index (χ0n) is 16.6. The molecule has 3 aliphatic rings. The molecule has 2 amide bonds. The van der Waals surface area contributed by atoms with E-state index in [0.29, 0.717) is 25.3 Å². The Hall–Kier alpha value is -2.90. The van der Waals surface area contributed by atoms with Gasteiger partial charge in [-0.1, -0.05) is 31.2 Å². The molecule has 3 saturated heterocycles. The third kappa shape index (κ3) is 3.59. The monoisotopic (exact) mass is 391 g/mol. The lowest BCUT2D eigenvalue weighted by Crippen LogP contribution is -2.52. The number of hydrogen-bond donors (Lipinski definition) is 0. The number of benzene rings is 1. The highest BCUT2D eigenvalue weighted by molar-refractivity contribution is 5.86. The molecule has 1 aromatic carbocycles. The van der Waals surface area contributed by atoms with Crippen LogP contribution in [0, 0.1) is 23.8 Å². The molecule has 0 saturated carbocycles. The molecule has 7 nitrogen and oxygen atoms in total. The number of carbonyl (C=O) groups excluding carboxylic acids is 2. The van der Waals surface area contributed by atoms with E-state index < -0.39 is 0 Å². The maximum Gasteiger partial charge on any atom is 0.240 e. The Morgan fingerprint density at radius 1 is 1.38 bits per heavy atom. The number of carbonyl (C=O) groups is 2. The van der Waals surface area contributed by atoms with Crippen LogP contribution in [0.5, 0.6) is 0 Å². The van der Waals surface area contributed by atoms with Crippen LogP contribution in [0.1, 0.15) is 31.7 Å². The van der Waals surface area contributed by atoms with Gasteiger partial charge in [0.05, 0.1) is 18.7 Å². The number of amides is 2. The van der Waals surface area contributed by atoms with E-state index in [9.17, 15) is 14.9 Å². The zero-order valence-corrected chi connectivity index (χ0v) is 16.6. The minimum Gasteiger partial charge on any atom is -0.333 e. The first-order valence-corrected chi connectivity index (χ1v) is 10.2. The van der Waals surface area contributed by atoms with Crippen molar-refractivity contribution in [3.05, 3.63) is 41.2 Å². The lowest BCUT2D eigenvalue weighted by atomic mass is 10.1. The van der Waals surface area contributed by atoms with Crippen molar-refractivity contribution in [2.45, 2.75) is 50.9 Å². The highest BCUT2D eigenvalue weighted by atomic mass is 16.2. The smallest absolute Gasteiger partial charge is 0.240 e. The van der Waals surface area contributed by atoms with E-state index in [-0.39, 0.29) is 35.9 Å². The van der Waals surface area contributed by atoms with Crippen molar-refractivity contribution < 1.29 is 9.59 Å². The maximum absolute atomic E-state index is 12.9. The van der Waals surface area contributed by atoms with Gasteiger partial charge >= 0.3 is 0 Å². The van der Waals surface area contributed by atoms with Gasteiger partial charge in [0.25, 0.3) is 0 Å². The van der Waals surface area contributed by atoms with Gasteiger partial charge in [0.1, 0.15) is 6.04 Å². The van der Waals surface area contributed by atoms with E-state index >= 15 is 0 Å². The molecule has 0 aromatic heterocycles. The summed E-state index contributed by atoms with van der Waals surface area (Å²) >= 11 is 0. The highest BCUT2D eigenvalue weighted by Gasteiger charge is 2.49. The Morgan fingerprint density at radius 2 is 2.14 bits per heavy atom. The Morgan fingerprint density at radius 3 is 2.79 bits per heavy atom. The number of rotatable bonds is 5. The summed E-state index contributed by atoms with van der Waals surface area (Å²) in [6, 6.07) is 9.34. The fraction of sp³-hybridized carbons (Fsp3) is 0.545. The van der Waals surface area contributed by atoms with Crippen molar-refractivity contribution in [1.29, 1.82) is 5.26 Å². The lowest BCUT2D eigenvalue weighted by Gasteiger charge is -2.35. The minimum atomic E-state index is -0.300. The van der Waals surface area contributed by atoms with Gasteiger partial charge in [-0.15, -0.1) is 0 Å². The summed E-state index contributed by atoms with van der Waals surface area (Å²) in [6.07, 6.45) is 2.45. The van der Waals surface area contributed by atoms with Crippen molar-refractivity contribution in [3.63, 3.8) is 0 Å². The largest absolute Gasteiger partial charge is 0.333 e. The molecule has 0 spiro atoms. The number of nitrogens with zero attached hydrogens (tertiary/aromatic N) is 5. The van der Waals surface area contributed by atoms with Gasteiger partial charge in [-0.2, -0.15) is 5.26 Å². The first kappa shape index (κ1) is 19.4. The molecule has 4 rings (SSSR count). The second kappa shape index (κ2) is 7.85. The summed E-state index contributed by atoms with van der Waals surface area (Å²) in [6.45, 7) is 11.5. The van der Waals surface area contributed by atoms with E-state index in [1.165, 1.54) is 0 Å². The van der Waals surface area contributed by atoms with Crippen LogP contribution in [-0.4, -0.2) is 64.3 Å². The molecule has 1 aromatic rings. The summed E-state index contributed by atoms with van der Waals surface area (Å²) in [5, 5.41) is 9.23. The molecular weight excluding hydrogens is 366 g/mol. The van der Waals surface area contributed by atoms with Crippen LogP contribution in [0.15, 0.2) is 24.3 Å². The van der Waals surface area contributed by atoms with Crippen LogP contribution in [-0.2, 0) is 16.1 Å². The number of nitriles is 1. The van der Waals surface area contributed by atoms with Crippen molar-refractivity contribution in [2.24, 2.45) is 5.92 Å². The molecule has 0 aliphatic carbocycles. The molecule has 150 valence electrons. The summed E-state index contributed by atoms with van der Waals surface area (Å²) in [5.41, 5.74) is 1.63. The van der Waals surface area contributed by atoms with Crippen LogP contribution in [0.4, 0.5) is 5.69 Å². The molecule has 0 N–H and O–H groups in total. The molecule has 7 heteroatoms. The van der Waals surface area contributed by atoms with Gasteiger partial charge in [-0.25, -0.2) is 4.85 Å². The van der Waals surface area contributed by atoms with Crippen molar-refractivity contribution in [2.75, 3.05) is 19.6 Å². The third-order valence-corrected chi connectivity index (χ3v) is 6.42. The predicted molar refractivity (Wildman–Crippen MR) is 107 cm³/mol. The van der Waals surface area contributed by atoms with Gasteiger partial charge < -0.3 is 9.80 Å². The first-order chi connectivity index (χ1) is 14.0. The lowest BCUT2D eigenvalue weighted by molar-refractivity contribution is -0.140. The van der Waals surface area contributed by atoms with Gasteiger partial charge in [0.15, 0.2) is 5.69 Å². The Balaban J connectivity index is 1.35. The quantitative estimate of drug-likeness (QED) is 0.721. The molecule has 3 heterocycles. The summed E-state index contributed by atoms with van der Waals surface area (Å²) < 4.78 is 0. The molecule has 3 aliphatic heterocycles. The highest BCUT2D eigenvalue weighted by Crippen LogP contribution is 2.34. The number of piperazine rings is 1. The fourth-order valence-corrected chi connectivity index (χ4v) is 4.89. The molecule has 29 heavy (non-hydrogen) atoms. The average molecular weight is 391 g/mol. The fourth-order valence-electron chi connectivity index (χ4n) is 4.89. The first-order valence-electron chi connectivity index (χ1n) is 10.2. The van der Waals surface area contributed by atoms with Crippen molar-refractivity contribution in [1.82, 2.24) is 14.7 Å². The summed E-state index contributed by atoms with van der Waals surface area (Å²) in [7, 11) is 0. The standard InChI is InChI=1S/C22H25N5O2/c1-15(21(28)26-9-3-4-18(26)11-23)12-25-14-19-10-20(25)22(29)27(19)13-16-5-7-17(24-2)8-6-16/h5-8,15,18-20H,3-4,9-10,12-14H2,1H3/t15-,18-,19+,20+/m0/s1. The summed E-state index contributed by atoms with van der Waals surface area (Å²) in [4.78, 5) is 34.9. The van der Waals surface area contributed by atoms with E-state index in [4.69, 9.17) is 6.57 Å². The molecular formula is C22H25N5O2. The summed E-state index contributed by atoms with van der Waals surface area (Å²) in [5.74, 6) is -0.0574. The van der Waals surface area contributed by atoms with E-state index in [2.05, 4.69) is 15.8 Å². The SMILES string of the molecule is [C-]#[N+]c1ccc(CN2C(=O)[C@H]3C[C@@H]2CN3C[C@H](C)C(=O)N2CCC[C@H]2C#N)cc1. The van der Waals surface area contributed by atoms with Crippen LogP contribution in [0.25, 0.3) is 4.85 Å². The Labute approximate surface area is 171 Å². The van der Waals surface area contributed by atoms with Gasteiger partial charge in [-0.3, -0.25) is 14.5 Å². The third-order valence-electron chi connectivity index (χ3n) is 6.42. The van der Waals surface area contributed by atoms with Crippen LogP contribution >= 0.6 is 0 Å². The predicted octanol–water partition coefficient (Wildman–Crippen LogP) is 2.17. The average Bonchev–Trinajstić information content (AvgIpc) is 3.44.